The molecule has 1 heterocycles. The molecule has 4 nitrogen and oxygen atoms in total. The standard InChI is InChI=1S/C15H18N2O2/c1-4-17(5-2)14(18)15(3)13(19-15)12-8-6-11(10-16)7-9-12/h6-9,13H,4-5H2,1-3H3. The van der Waals surface area contributed by atoms with Crippen molar-refractivity contribution in [3.8, 4) is 6.07 Å². The van der Waals surface area contributed by atoms with E-state index in [-0.39, 0.29) is 12.0 Å². The van der Waals surface area contributed by atoms with Gasteiger partial charge in [0.2, 0.25) is 0 Å². The van der Waals surface area contributed by atoms with Crippen LogP contribution in [-0.2, 0) is 9.53 Å². The van der Waals surface area contributed by atoms with Crippen LogP contribution in [0.5, 0.6) is 0 Å². The third-order valence-corrected chi connectivity index (χ3v) is 3.62. The van der Waals surface area contributed by atoms with Gasteiger partial charge in [0.1, 0.15) is 6.10 Å². The van der Waals surface area contributed by atoms with Crippen molar-refractivity contribution >= 4 is 5.91 Å². The summed E-state index contributed by atoms with van der Waals surface area (Å²) in [6.45, 7) is 7.13. The van der Waals surface area contributed by atoms with Crippen molar-refractivity contribution in [2.24, 2.45) is 0 Å². The molecule has 0 spiro atoms. The van der Waals surface area contributed by atoms with Crippen LogP contribution >= 0.6 is 0 Å². The predicted molar refractivity (Wildman–Crippen MR) is 71.3 cm³/mol. The first-order valence-corrected chi connectivity index (χ1v) is 6.54. The van der Waals surface area contributed by atoms with Crippen molar-refractivity contribution in [1.29, 1.82) is 5.26 Å². The molecular weight excluding hydrogens is 240 g/mol. The smallest absolute Gasteiger partial charge is 0.257 e. The van der Waals surface area contributed by atoms with Crippen molar-refractivity contribution in [3.63, 3.8) is 0 Å². The van der Waals surface area contributed by atoms with E-state index in [2.05, 4.69) is 6.07 Å². The Labute approximate surface area is 113 Å². The Bertz CT molecular complexity index is 514. The molecule has 0 aliphatic carbocycles. The predicted octanol–water partition coefficient (Wildman–Crippen LogP) is 2.26. The van der Waals surface area contributed by atoms with E-state index in [1.807, 2.05) is 32.9 Å². The van der Waals surface area contributed by atoms with E-state index in [0.29, 0.717) is 18.7 Å². The van der Waals surface area contributed by atoms with Gasteiger partial charge in [-0.05, 0) is 38.5 Å². The summed E-state index contributed by atoms with van der Waals surface area (Å²) in [7, 11) is 0. The first-order chi connectivity index (χ1) is 9.06. The fourth-order valence-electron chi connectivity index (χ4n) is 2.32. The van der Waals surface area contributed by atoms with Crippen molar-refractivity contribution in [2.75, 3.05) is 13.1 Å². The number of amides is 1. The number of hydrogen-bond acceptors (Lipinski definition) is 3. The summed E-state index contributed by atoms with van der Waals surface area (Å²) in [6, 6.07) is 9.28. The Morgan fingerprint density at radius 2 is 1.95 bits per heavy atom. The zero-order valence-electron chi connectivity index (χ0n) is 11.5. The zero-order valence-corrected chi connectivity index (χ0v) is 11.5. The number of rotatable bonds is 4. The maximum Gasteiger partial charge on any atom is 0.257 e. The molecule has 1 aromatic rings. The van der Waals surface area contributed by atoms with E-state index in [1.165, 1.54) is 0 Å². The normalized spacial score (nSPS) is 24.6. The number of epoxide rings is 1. The monoisotopic (exact) mass is 258 g/mol. The number of ether oxygens (including phenoxy) is 1. The molecule has 1 amide bonds. The average Bonchev–Trinajstić information content (AvgIpc) is 3.14. The van der Waals surface area contributed by atoms with Gasteiger partial charge in [-0.2, -0.15) is 5.26 Å². The fraction of sp³-hybridized carbons (Fsp3) is 0.467. The van der Waals surface area contributed by atoms with Gasteiger partial charge in [0, 0.05) is 13.1 Å². The van der Waals surface area contributed by atoms with Crippen LogP contribution in [0.4, 0.5) is 0 Å². The molecular formula is C15H18N2O2. The van der Waals surface area contributed by atoms with Gasteiger partial charge in [-0.3, -0.25) is 4.79 Å². The largest absolute Gasteiger partial charge is 0.351 e. The van der Waals surface area contributed by atoms with Crippen molar-refractivity contribution in [1.82, 2.24) is 4.90 Å². The summed E-state index contributed by atoms with van der Waals surface area (Å²) < 4.78 is 5.64. The summed E-state index contributed by atoms with van der Waals surface area (Å²) in [4.78, 5) is 14.1. The van der Waals surface area contributed by atoms with Crippen molar-refractivity contribution in [2.45, 2.75) is 32.5 Å². The lowest BCUT2D eigenvalue weighted by Crippen LogP contribution is -2.40. The van der Waals surface area contributed by atoms with Crippen molar-refractivity contribution < 1.29 is 9.53 Å². The Hall–Kier alpha value is -1.86. The molecule has 0 bridgehead atoms. The molecule has 2 rings (SSSR count). The highest BCUT2D eigenvalue weighted by Gasteiger charge is 2.60. The number of hydrogen-bond donors (Lipinski definition) is 0. The molecule has 4 heteroatoms. The van der Waals surface area contributed by atoms with E-state index >= 15 is 0 Å². The molecule has 0 radical (unpaired) electrons. The second kappa shape index (κ2) is 5.02. The molecule has 2 unspecified atom stereocenters. The highest BCUT2D eigenvalue weighted by atomic mass is 16.6. The van der Waals surface area contributed by atoms with E-state index in [4.69, 9.17) is 10.00 Å². The van der Waals surface area contributed by atoms with E-state index in [9.17, 15) is 4.79 Å². The van der Waals surface area contributed by atoms with Crippen LogP contribution in [0.3, 0.4) is 0 Å². The molecule has 100 valence electrons. The minimum atomic E-state index is -0.750. The van der Waals surface area contributed by atoms with Gasteiger partial charge in [0.05, 0.1) is 11.6 Å². The molecule has 2 atom stereocenters. The Balaban J connectivity index is 2.13. The lowest BCUT2D eigenvalue weighted by Gasteiger charge is -2.21. The molecule has 1 aliphatic heterocycles. The number of carbonyl (C=O) groups excluding carboxylic acids is 1. The third-order valence-electron chi connectivity index (χ3n) is 3.62. The summed E-state index contributed by atoms with van der Waals surface area (Å²) in [5.74, 6) is 0.0341. The lowest BCUT2D eigenvalue weighted by molar-refractivity contribution is -0.135. The summed E-state index contributed by atoms with van der Waals surface area (Å²) in [6.07, 6.45) is -0.201. The molecule has 1 fully saturated rings. The van der Waals surface area contributed by atoms with Crippen LogP contribution in [-0.4, -0.2) is 29.5 Å². The molecule has 0 aromatic heterocycles. The number of likely N-dealkylation sites (N-methyl/N-ethyl adjacent to an activating group) is 1. The summed E-state index contributed by atoms with van der Waals surface area (Å²) in [5, 5.41) is 8.77. The first-order valence-electron chi connectivity index (χ1n) is 6.54. The van der Waals surface area contributed by atoms with Gasteiger partial charge in [0.25, 0.3) is 5.91 Å². The molecule has 0 N–H and O–H groups in total. The van der Waals surface area contributed by atoms with E-state index in [1.54, 1.807) is 17.0 Å². The maximum absolute atomic E-state index is 12.3. The highest BCUT2D eigenvalue weighted by molar-refractivity contribution is 5.88. The van der Waals surface area contributed by atoms with Gasteiger partial charge in [-0.1, -0.05) is 12.1 Å². The average molecular weight is 258 g/mol. The highest BCUT2D eigenvalue weighted by Crippen LogP contribution is 2.50. The fourth-order valence-corrected chi connectivity index (χ4v) is 2.32. The molecule has 1 aliphatic rings. The second-order valence-corrected chi connectivity index (χ2v) is 4.82. The van der Waals surface area contributed by atoms with Gasteiger partial charge < -0.3 is 9.64 Å². The van der Waals surface area contributed by atoms with Crippen LogP contribution in [0, 0.1) is 11.3 Å². The molecule has 1 saturated heterocycles. The van der Waals surface area contributed by atoms with Crippen molar-refractivity contribution in [3.05, 3.63) is 35.4 Å². The molecule has 0 saturated carbocycles. The second-order valence-electron chi connectivity index (χ2n) is 4.82. The Morgan fingerprint density at radius 1 is 1.37 bits per heavy atom. The number of benzene rings is 1. The van der Waals surface area contributed by atoms with Gasteiger partial charge in [-0.15, -0.1) is 0 Å². The quantitative estimate of drug-likeness (QED) is 0.778. The van der Waals surface area contributed by atoms with Crippen LogP contribution in [0.15, 0.2) is 24.3 Å². The van der Waals surface area contributed by atoms with E-state index in [0.717, 1.165) is 5.56 Å². The van der Waals surface area contributed by atoms with Crippen LogP contribution in [0.2, 0.25) is 0 Å². The first kappa shape index (κ1) is 13.6. The summed E-state index contributed by atoms with van der Waals surface area (Å²) in [5.41, 5.74) is 0.809. The molecule has 1 aromatic carbocycles. The van der Waals surface area contributed by atoms with Gasteiger partial charge in [0.15, 0.2) is 5.60 Å². The zero-order chi connectivity index (χ0) is 14.0. The van der Waals surface area contributed by atoms with Crippen LogP contribution in [0.1, 0.15) is 38.0 Å². The topological polar surface area (TPSA) is 56.6 Å². The number of nitrogens with zero attached hydrogens (tertiary/aromatic N) is 2. The van der Waals surface area contributed by atoms with Gasteiger partial charge in [-0.25, -0.2) is 0 Å². The number of nitriles is 1. The third kappa shape index (κ3) is 2.34. The Morgan fingerprint density at radius 3 is 2.42 bits per heavy atom. The minimum Gasteiger partial charge on any atom is -0.351 e. The van der Waals surface area contributed by atoms with E-state index < -0.39 is 5.60 Å². The van der Waals surface area contributed by atoms with Gasteiger partial charge >= 0.3 is 0 Å². The molecule has 19 heavy (non-hydrogen) atoms. The minimum absolute atomic E-state index is 0.0341. The van der Waals surface area contributed by atoms with Crippen LogP contribution in [0.25, 0.3) is 0 Å². The number of carbonyl (C=O) groups is 1. The lowest BCUT2D eigenvalue weighted by atomic mass is 9.99. The van der Waals surface area contributed by atoms with Crippen LogP contribution < -0.4 is 0 Å². The SMILES string of the molecule is CCN(CC)C(=O)C1(C)OC1c1ccc(C#N)cc1. The Kier molecular flexibility index (Phi) is 3.59. The maximum atomic E-state index is 12.3. The summed E-state index contributed by atoms with van der Waals surface area (Å²) >= 11 is 0.